The highest BCUT2D eigenvalue weighted by molar-refractivity contribution is 9.09. The molecule has 1 aromatic carbocycles. The summed E-state index contributed by atoms with van der Waals surface area (Å²) in [5.41, 5.74) is 6.85. The van der Waals surface area contributed by atoms with Crippen molar-refractivity contribution in [3.8, 4) is 0 Å². The molecule has 0 amide bonds. The molecule has 0 aliphatic heterocycles. The van der Waals surface area contributed by atoms with Gasteiger partial charge >= 0.3 is 5.97 Å². The van der Waals surface area contributed by atoms with Crippen LogP contribution in [0.5, 0.6) is 0 Å². The van der Waals surface area contributed by atoms with Crippen LogP contribution in [0, 0.1) is 0 Å². The van der Waals surface area contributed by atoms with Gasteiger partial charge in [-0.25, -0.2) is 4.79 Å². The van der Waals surface area contributed by atoms with Crippen LogP contribution < -0.4 is 5.73 Å². The lowest BCUT2D eigenvalue weighted by Gasteiger charge is -2.17. The number of ether oxygens (including phenoxy) is 1. The molecule has 6 nitrogen and oxygen atoms in total. The van der Waals surface area contributed by atoms with Gasteiger partial charge in [0.1, 0.15) is 17.1 Å². The van der Waals surface area contributed by atoms with Crippen molar-refractivity contribution in [1.82, 2.24) is 4.57 Å². The second kappa shape index (κ2) is 6.24. The first kappa shape index (κ1) is 16.4. The van der Waals surface area contributed by atoms with Crippen LogP contribution in [0.25, 0.3) is 0 Å². The van der Waals surface area contributed by atoms with Crippen molar-refractivity contribution >= 4 is 39.3 Å². The number of anilines is 1. The number of nitrogens with two attached hydrogens (primary N) is 1. The molecular weight excluding hydrogens is 376 g/mol. The molecule has 0 radical (unpaired) electrons. The molecule has 124 valence electrons. The molecule has 1 aromatic heterocycles. The summed E-state index contributed by atoms with van der Waals surface area (Å²) in [4.78, 5) is 38.1. The summed E-state index contributed by atoms with van der Waals surface area (Å²) in [5, 5.41) is 0.518. The number of benzene rings is 1. The standard InChI is InChI=1S/C17H15BrN2O4/c1-2-24-17(23)12-11-13(20(8-7-18)16(12)19)15(22)10-6-4-3-5-9(10)14(11)21/h3-6H,2,7-8,19H2,1H3. The first-order valence-electron chi connectivity index (χ1n) is 7.46. The zero-order valence-electron chi connectivity index (χ0n) is 13.0. The SMILES string of the molecule is CCOC(=O)c1c2c(n(CCBr)c1N)C(=O)c1ccccc1C2=O. The number of fused-ring (bicyclic) bond motifs is 2. The monoisotopic (exact) mass is 390 g/mol. The molecule has 24 heavy (non-hydrogen) atoms. The second-order valence-electron chi connectivity index (χ2n) is 5.25. The van der Waals surface area contributed by atoms with Crippen molar-refractivity contribution < 1.29 is 19.1 Å². The molecule has 0 saturated carbocycles. The van der Waals surface area contributed by atoms with E-state index in [1.807, 2.05) is 0 Å². The Morgan fingerprint density at radius 3 is 2.42 bits per heavy atom. The minimum atomic E-state index is -0.694. The Morgan fingerprint density at radius 2 is 1.83 bits per heavy atom. The van der Waals surface area contributed by atoms with E-state index in [1.54, 1.807) is 31.2 Å². The minimum absolute atomic E-state index is 0.0272. The maximum absolute atomic E-state index is 12.9. The van der Waals surface area contributed by atoms with E-state index in [0.29, 0.717) is 17.4 Å². The first-order valence-corrected chi connectivity index (χ1v) is 8.58. The number of carbonyl (C=O) groups is 3. The van der Waals surface area contributed by atoms with Gasteiger partial charge in [0.25, 0.3) is 0 Å². The first-order chi connectivity index (χ1) is 11.5. The van der Waals surface area contributed by atoms with Crippen molar-refractivity contribution in [3.05, 3.63) is 52.2 Å². The van der Waals surface area contributed by atoms with Gasteiger partial charge in [-0.15, -0.1) is 0 Å². The fourth-order valence-corrected chi connectivity index (χ4v) is 3.32. The van der Waals surface area contributed by atoms with Crippen molar-refractivity contribution in [1.29, 1.82) is 0 Å². The molecule has 0 fully saturated rings. The molecule has 0 bridgehead atoms. The van der Waals surface area contributed by atoms with Gasteiger partial charge in [-0.05, 0) is 6.92 Å². The number of hydrogen-bond acceptors (Lipinski definition) is 5. The van der Waals surface area contributed by atoms with Crippen LogP contribution in [0.1, 0.15) is 49.3 Å². The average molecular weight is 391 g/mol. The van der Waals surface area contributed by atoms with Gasteiger partial charge in [0.05, 0.1) is 12.2 Å². The number of ketones is 2. The number of nitrogens with zero attached hydrogens (tertiary/aromatic N) is 1. The number of rotatable bonds is 4. The van der Waals surface area contributed by atoms with E-state index in [2.05, 4.69) is 15.9 Å². The smallest absolute Gasteiger partial charge is 0.342 e. The third kappa shape index (κ3) is 2.27. The molecule has 2 N–H and O–H groups in total. The molecular formula is C17H15BrN2O4. The maximum atomic E-state index is 12.9. The maximum Gasteiger partial charge on any atom is 0.342 e. The fraction of sp³-hybridized carbons (Fsp3) is 0.235. The fourth-order valence-electron chi connectivity index (χ4n) is 2.96. The molecule has 2 aromatic rings. The molecule has 3 rings (SSSR count). The molecule has 1 heterocycles. The lowest BCUT2D eigenvalue weighted by molar-refractivity contribution is 0.0525. The molecule has 0 spiro atoms. The third-order valence-corrected chi connectivity index (χ3v) is 4.30. The van der Waals surface area contributed by atoms with E-state index < -0.39 is 5.97 Å². The van der Waals surface area contributed by atoms with Gasteiger partial charge in [0.2, 0.25) is 5.78 Å². The van der Waals surface area contributed by atoms with Gasteiger partial charge in [-0.2, -0.15) is 0 Å². The number of alkyl halides is 1. The normalized spacial score (nSPS) is 12.8. The Morgan fingerprint density at radius 1 is 1.21 bits per heavy atom. The van der Waals surface area contributed by atoms with Crippen molar-refractivity contribution in [3.63, 3.8) is 0 Å². The van der Waals surface area contributed by atoms with E-state index in [9.17, 15) is 14.4 Å². The van der Waals surface area contributed by atoms with Crippen molar-refractivity contribution in [2.24, 2.45) is 0 Å². The Bertz CT molecular complexity index is 870. The van der Waals surface area contributed by atoms with Crippen molar-refractivity contribution in [2.75, 3.05) is 17.7 Å². The number of nitrogen functional groups attached to an aromatic ring is 1. The largest absolute Gasteiger partial charge is 0.462 e. The summed E-state index contributed by atoms with van der Waals surface area (Å²) in [5.74, 6) is -1.32. The van der Waals surface area contributed by atoms with Gasteiger partial charge in [0.15, 0.2) is 5.78 Å². The number of halogens is 1. The molecule has 1 aliphatic rings. The molecule has 7 heteroatoms. The molecule has 0 atom stereocenters. The molecule has 0 unspecified atom stereocenters. The summed E-state index contributed by atoms with van der Waals surface area (Å²) in [6.45, 7) is 2.17. The zero-order valence-corrected chi connectivity index (χ0v) is 14.6. The van der Waals surface area contributed by atoms with E-state index in [0.717, 1.165) is 0 Å². The van der Waals surface area contributed by atoms with E-state index >= 15 is 0 Å². The second-order valence-corrected chi connectivity index (χ2v) is 6.04. The van der Waals surface area contributed by atoms with Crippen LogP contribution in [-0.2, 0) is 11.3 Å². The quantitative estimate of drug-likeness (QED) is 0.545. The highest BCUT2D eigenvalue weighted by atomic mass is 79.9. The highest BCUT2D eigenvalue weighted by Gasteiger charge is 2.39. The summed E-state index contributed by atoms with van der Waals surface area (Å²) in [6, 6.07) is 6.55. The molecule has 1 aliphatic carbocycles. The zero-order chi connectivity index (χ0) is 17.4. The summed E-state index contributed by atoms with van der Waals surface area (Å²) in [7, 11) is 0. The van der Waals surface area contributed by atoms with Gasteiger partial charge < -0.3 is 15.0 Å². The van der Waals surface area contributed by atoms with Crippen LogP contribution >= 0.6 is 15.9 Å². The Balaban J connectivity index is 2.32. The Kier molecular flexibility index (Phi) is 4.28. The summed E-state index contributed by atoms with van der Waals surface area (Å²) < 4.78 is 6.54. The average Bonchev–Trinajstić information content (AvgIpc) is 2.87. The van der Waals surface area contributed by atoms with Crippen molar-refractivity contribution in [2.45, 2.75) is 13.5 Å². The summed E-state index contributed by atoms with van der Waals surface area (Å²) >= 11 is 3.30. The number of carbonyl (C=O) groups excluding carboxylic acids is 3. The predicted molar refractivity (Wildman–Crippen MR) is 91.9 cm³/mol. The van der Waals surface area contributed by atoms with Gasteiger partial charge in [-0.3, -0.25) is 9.59 Å². The van der Waals surface area contributed by atoms with E-state index in [4.69, 9.17) is 10.5 Å². The van der Waals surface area contributed by atoms with Crippen LogP contribution in [-0.4, -0.2) is 34.0 Å². The Hall–Kier alpha value is -2.41. The van der Waals surface area contributed by atoms with Gasteiger partial charge in [0, 0.05) is 23.0 Å². The van der Waals surface area contributed by atoms with Gasteiger partial charge in [-0.1, -0.05) is 40.2 Å². The van der Waals surface area contributed by atoms with Crippen LogP contribution in [0.15, 0.2) is 24.3 Å². The summed E-state index contributed by atoms with van der Waals surface area (Å²) in [6.07, 6.45) is 0. The lowest BCUT2D eigenvalue weighted by atomic mass is 9.86. The highest BCUT2D eigenvalue weighted by Crippen LogP contribution is 2.35. The Labute approximate surface area is 146 Å². The molecule has 0 saturated heterocycles. The number of aromatic nitrogens is 1. The van der Waals surface area contributed by atoms with E-state index in [1.165, 1.54) is 4.57 Å². The number of hydrogen-bond donors (Lipinski definition) is 1. The topological polar surface area (TPSA) is 91.4 Å². The minimum Gasteiger partial charge on any atom is -0.462 e. The van der Waals surface area contributed by atoms with Crippen LogP contribution in [0.2, 0.25) is 0 Å². The van der Waals surface area contributed by atoms with Crippen LogP contribution in [0.4, 0.5) is 5.82 Å². The lowest BCUT2D eigenvalue weighted by Crippen LogP contribution is -2.24. The predicted octanol–water partition coefficient (Wildman–Crippen LogP) is 2.42. The number of esters is 1. The van der Waals surface area contributed by atoms with Crippen LogP contribution in [0.3, 0.4) is 0 Å². The van der Waals surface area contributed by atoms with E-state index in [-0.39, 0.29) is 46.4 Å². The third-order valence-electron chi connectivity index (χ3n) is 3.95.